The lowest BCUT2D eigenvalue weighted by Crippen LogP contribution is -2.19. The van der Waals surface area contributed by atoms with Gasteiger partial charge in [0.25, 0.3) is 5.91 Å². The minimum Gasteiger partial charge on any atom is -0.497 e. The molecule has 0 aliphatic rings. The van der Waals surface area contributed by atoms with Crippen LogP contribution in [0, 0.1) is 13.8 Å². The summed E-state index contributed by atoms with van der Waals surface area (Å²) in [4.78, 5) is 12.9. The summed E-state index contributed by atoms with van der Waals surface area (Å²) >= 11 is 0. The lowest BCUT2D eigenvalue weighted by Gasteiger charge is -2.12. The average molecular weight is 403 g/mol. The second-order valence-electron chi connectivity index (χ2n) is 6.81. The molecule has 152 valence electrons. The van der Waals surface area contributed by atoms with Crippen molar-refractivity contribution in [1.29, 1.82) is 0 Å². The van der Waals surface area contributed by atoms with E-state index in [1.165, 1.54) is 0 Å². The second-order valence-corrected chi connectivity index (χ2v) is 6.81. The Hall–Kier alpha value is -3.94. The van der Waals surface area contributed by atoms with E-state index in [1.54, 1.807) is 37.9 Å². The molecule has 2 aromatic heterocycles. The van der Waals surface area contributed by atoms with Crippen LogP contribution in [0.3, 0.4) is 0 Å². The largest absolute Gasteiger partial charge is 0.497 e. The van der Waals surface area contributed by atoms with Crippen molar-refractivity contribution in [3.05, 3.63) is 65.6 Å². The fourth-order valence-electron chi connectivity index (χ4n) is 3.24. The minimum absolute atomic E-state index is 0.190. The molecule has 4 rings (SSSR count). The van der Waals surface area contributed by atoms with Gasteiger partial charge >= 0.3 is 0 Å². The number of carbonyl (C=O) groups is 1. The SMILES string of the molecule is COc1ccc(-c2cnn3c(C)c(C(=O)Nc4cc(C)ccc4OC)nnc23)cc1. The number of hydrogen-bond acceptors (Lipinski definition) is 6. The number of aromatic nitrogens is 4. The van der Waals surface area contributed by atoms with Crippen molar-refractivity contribution in [2.75, 3.05) is 19.5 Å². The van der Waals surface area contributed by atoms with Crippen molar-refractivity contribution >= 4 is 17.2 Å². The molecule has 1 amide bonds. The highest BCUT2D eigenvalue weighted by Crippen LogP contribution is 2.27. The molecule has 4 aromatic rings. The number of benzene rings is 2. The molecule has 8 heteroatoms. The molecular formula is C22H21N5O3. The van der Waals surface area contributed by atoms with E-state index in [2.05, 4.69) is 20.6 Å². The highest BCUT2D eigenvalue weighted by Gasteiger charge is 2.19. The van der Waals surface area contributed by atoms with E-state index in [0.29, 0.717) is 22.8 Å². The second kappa shape index (κ2) is 7.82. The van der Waals surface area contributed by atoms with Gasteiger partial charge in [0, 0.05) is 5.56 Å². The molecule has 8 nitrogen and oxygen atoms in total. The van der Waals surface area contributed by atoms with Crippen LogP contribution in [0.25, 0.3) is 16.8 Å². The summed E-state index contributed by atoms with van der Waals surface area (Å²) in [5, 5.41) is 15.7. The standard InChI is InChI=1S/C22H21N5O3/c1-13-5-10-19(30-4)18(11-13)24-22(28)20-14(2)27-21(26-25-20)17(12-23-27)15-6-8-16(29-3)9-7-15/h5-12H,1-4H3,(H,24,28). The summed E-state index contributed by atoms with van der Waals surface area (Å²) in [6, 6.07) is 13.2. The zero-order valence-corrected chi connectivity index (χ0v) is 17.1. The number of methoxy groups -OCH3 is 2. The first kappa shape index (κ1) is 19.4. The highest BCUT2D eigenvalue weighted by atomic mass is 16.5. The fraction of sp³-hybridized carbons (Fsp3) is 0.182. The van der Waals surface area contributed by atoms with E-state index in [4.69, 9.17) is 9.47 Å². The summed E-state index contributed by atoms with van der Waals surface area (Å²) in [5.74, 6) is 0.955. The third-order valence-electron chi connectivity index (χ3n) is 4.87. The smallest absolute Gasteiger partial charge is 0.278 e. The first-order valence-corrected chi connectivity index (χ1v) is 9.33. The van der Waals surface area contributed by atoms with Crippen molar-refractivity contribution in [1.82, 2.24) is 19.8 Å². The maximum Gasteiger partial charge on any atom is 0.278 e. The normalized spacial score (nSPS) is 10.8. The number of nitrogens with zero attached hydrogens (tertiary/aromatic N) is 4. The highest BCUT2D eigenvalue weighted by molar-refractivity contribution is 6.04. The molecule has 1 N–H and O–H groups in total. The number of aryl methyl sites for hydroxylation is 2. The number of amides is 1. The van der Waals surface area contributed by atoms with Gasteiger partial charge in [-0.3, -0.25) is 4.79 Å². The molecule has 0 atom stereocenters. The summed E-state index contributed by atoms with van der Waals surface area (Å²) in [5.41, 5.74) is 4.67. The maximum atomic E-state index is 12.9. The Labute approximate surface area is 173 Å². The van der Waals surface area contributed by atoms with Gasteiger partial charge in [0.1, 0.15) is 11.5 Å². The van der Waals surface area contributed by atoms with Gasteiger partial charge < -0.3 is 14.8 Å². The quantitative estimate of drug-likeness (QED) is 0.547. The monoisotopic (exact) mass is 403 g/mol. The molecule has 0 fully saturated rings. The third-order valence-corrected chi connectivity index (χ3v) is 4.87. The van der Waals surface area contributed by atoms with E-state index >= 15 is 0 Å². The number of hydrogen-bond donors (Lipinski definition) is 1. The van der Waals surface area contributed by atoms with Gasteiger partial charge in [0.05, 0.1) is 31.8 Å². The van der Waals surface area contributed by atoms with Gasteiger partial charge in [-0.05, 0) is 49.2 Å². The number of fused-ring (bicyclic) bond motifs is 1. The maximum absolute atomic E-state index is 12.9. The van der Waals surface area contributed by atoms with Crippen LogP contribution in [0.15, 0.2) is 48.7 Å². The van der Waals surface area contributed by atoms with Gasteiger partial charge in [-0.25, -0.2) is 4.52 Å². The van der Waals surface area contributed by atoms with E-state index < -0.39 is 0 Å². The number of ether oxygens (including phenoxy) is 2. The van der Waals surface area contributed by atoms with E-state index in [0.717, 1.165) is 22.4 Å². The van der Waals surface area contributed by atoms with E-state index in [9.17, 15) is 4.79 Å². The lowest BCUT2D eigenvalue weighted by molar-refractivity contribution is 0.101. The van der Waals surface area contributed by atoms with Crippen LogP contribution in [-0.4, -0.2) is 39.9 Å². The predicted molar refractivity (Wildman–Crippen MR) is 113 cm³/mol. The number of rotatable bonds is 5. The summed E-state index contributed by atoms with van der Waals surface area (Å²) in [6.07, 6.45) is 1.71. The topological polar surface area (TPSA) is 90.6 Å². The van der Waals surface area contributed by atoms with Crippen LogP contribution in [0.1, 0.15) is 21.7 Å². The molecule has 0 unspecified atom stereocenters. The molecular weight excluding hydrogens is 382 g/mol. The van der Waals surface area contributed by atoms with Gasteiger partial charge in [-0.1, -0.05) is 18.2 Å². The first-order chi connectivity index (χ1) is 14.5. The molecule has 0 radical (unpaired) electrons. The van der Waals surface area contributed by atoms with Crippen LogP contribution in [-0.2, 0) is 0 Å². The summed E-state index contributed by atoms with van der Waals surface area (Å²) in [6.45, 7) is 3.73. The minimum atomic E-state index is -0.382. The van der Waals surface area contributed by atoms with E-state index in [-0.39, 0.29) is 11.6 Å². The predicted octanol–water partition coefficient (Wildman–Crippen LogP) is 3.68. The molecule has 0 aliphatic carbocycles. The van der Waals surface area contributed by atoms with Crippen molar-refractivity contribution in [3.8, 4) is 22.6 Å². The zero-order valence-electron chi connectivity index (χ0n) is 17.1. The van der Waals surface area contributed by atoms with Crippen LogP contribution >= 0.6 is 0 Å². The molecule has 2 aromatic carbocycles. The lowest BCUT2D eigenvalue weighted by atomic mass is 10.1. The number of carbonyl (C=O) groups excluding carboxylic acids is 1. The Kier molecular flexibility index (Phi) is 5.05. The molecule has 0 saturated heterocycles. The zero-order chi connectivity index (χ0) is 21.3. The van der Waals surface area contributed by atoms with Crippen molar-refractivity contribution in [2.24, 2.45) is 0 Å². The molecule has 0 bridgehead atoms. The van der Waals surface area contributed by atoms with Crippen LogP contribution < -0.4 is 14.8 Å². The Bertz CT molecular complexity index is 1230. The Morgan fingerprint density at radius 1 is 1.00 bits per heavy atom. The van der Waals surface area contributed by atoms with Crippen LogP contribution in [0.4, 0.5) is 5.69 Å². The number of anilines is 1. The van der Waals surface area contributed by atoms with Gasteiger partial charge in [0.15, 0.2) is 11.3 Å². The number of nitrogens with one attached hydrogen (secondary N) is 1. The van der Waals surface area contributed by atoms with Crippen LogP contribution in [0.5, 0.6) is 11.5 Å². The Morgan fingerprint density at radius 2 is 1.77 bits per heavy atom. The van der Waals surface area contributed by atoms with Gasteiger partial charge in [-0.2, -0.15) is 5.10 Å². The Morgan fingerprint density at radius 3 is 2.47 bits per heavy atom. The molecule has 0 spiro atoms. The van der Waals surface area contributed by atoms with Gasteiger partial charge in [-0.15, -0.1) is 10.2 Å². The summed E-state index contributed by atoms with van der Waals surface area (Å²) < 4.78 is 12.2. The van der Waals surface area contributed by atoms with E-state index in [1.807, 2.05) is 43.3 Å². The fourth-order valence-corrected chi connectivity index (χ4v) is 3.24. The molecule has 0 saturated carbocycles. The Balaban J connectivity index is 1.69. The van der Waals surface area contributed by atoms with Crippen LogP contribution in [0.2, 0.25) is 0 Å². The van der Waals surface area contributed by atoms with Gasteiger partial charge in [0.2, 0.25) is 0 Å². The molecule has 0 aliphatic heterocycles. The third kappa shape index (κ3) is 3.43. The molecule has 30 heavy (non-hydrogen) atoms. The van der Waals surface area contributed by atoms with Crippen molar-refractivity contribution in [3.63, 3.8) is 0 Å². The van der Waals surface area contributed by atoms with Crippen molar-refractivity contribution in [2.45, 2.75) is 13.8 Å². The van der Waals surface area contributed by atoms with Crippen molar-refractivity contribution < 1.29 is 14.3 Å². The summed E-state index contributed by atoms with van der Waals surface area (Å²) in [7, 11) is 3.18. The molecule has 2 heterocycles. The first-order valence-electron chi connectivity index (χ1n) is 9.33. The average Bonchev–Trinajstić information content (AvgIpc) is 3.19.